The summed E-state index contributed by atoms with van der Waals surface area (Å²) in [7, 11) is 0. The number of hydrogen-bond donors (Lipinski definition) is 3. The van der Waals surface area contributed by atoms with Crippen LogP contribution in [0.4, 0.5) is 4.39 Å². The molecule has 158 valence electrons. The lowest BCUT2D eigenvalue weighted by Gasteiger charge is -2.36. The van der Waals surface area contributed by atoms with E-state index in [1.807, 2.05) is 6.92 Å². The van der Waals surface area contributed by atoms with Crippen LogP contribution in [0.3, 0.4) is 0 Å². The van der Waals surface area contributed by atoms with Gasteiger partial charge in [-0.1, -0.05) is 11.6 Å². The van der Waals surface area contributed by atoms with Crippen LogP contribution in [-0.4, -0.2) is 49.4 Å². The van der Waals surface area contributed by atoms with Crippen LogP contribution in [0.1, 0.15) is 26.2 Å². The lowest BCUT2D eigenvalue weighted by atomic mass is 9.73. The minimum absolute atomic E-state index is 0.00264. The lowest BCUT2D eigenvalue weighted by Crippen LogP contribution is -2.48. The van der Waals surface area contributed by atoms with Gasteiger partial charge in [0, 0.05) is 24.2 Å². The molecule has 0 spiro atoms. The van der Waals surface area contributed by atoms with Crippen LogP contribution in [-0.2, 0) is 14.3 Å². The first kappa shape index (κ1) is 20.4. The molecule has 29 heavy (non-hydrogen) atoms. The van der Waals surface area contributed by atoms with Crippen molar-refractivity contribution in [3.63, 3.8) is 0 Å². The first-order valence-corrected chi connectivity index (χ1v) is 10.3. The minimum atomic E-state index is -0.591. The molecule has 0 aromatic heterocycles. The number of carbonyl (C=O) groups excluding carboxylic acids is 2. The maximum Gasteiger partial charge on any atom is 0.258 e. The highest BCUT2D eigenvalue weighted by atomic mass is 35.5. The molecule has 1 saturated heterocycles. The minimum Gasteiger partial charge on any atom is -0.484 e. The molecule has 2 saturated carbocycles. The van der Waals surface area contributed by atoms with Crippen molar-refractivity contribution >= 4 is 23.4 Å². The van der Waals surface area contributed by atoms with E-state index in [2.05, 4.69) is 16.0 Å². The third-order valence-corrected chi connectivity index (χ3v) is 6.55. The van der Waals surface area contributed by atoms with E-state index < -0.39 is 11.9 Å². The van der Waals surface area contributed by atoms with Gasteiger partial charge < -0.3 is 20.1 Å². The summed E-state index contributed by atoms with van der Waals surface area (Å²) in [5.41, 5.74) is 0. The van der Waals surface area contributed by atoms with Crippen LogP contribution in [0.2, 0.25) is 5.02 Å². The van der Waals surface area contributed by atoms with Crippen molar-refractivity contribution in [1.29, 1.82) is 0 Å². The summed E-state index contributed by atoms with van der Waals surface area (Å²) in [5, 5.41) is 9.22. The topological polar surface area (TPSA) is 88.7 Å². The second kappa shape index (κ2) is 8.45. The molecule has 3 fully saturated rings. The summed E-state index contributed by atoms with van der Waals surface area (Å²) in [5.74, 6) is 0.0297. The molecule has 3 aliphatic rings. The van der Waals surface area contributed by atoms with E-state index in [9.17, 15) is 14.0 Å². The number of amides is 2. The Hall–Kier alpha value is -1.90. The van der Waals surface area contributed by atoms with Gasteiger partial charge in [-0.2, -0.15) is 0 Å². The van der Waals surface area contributed by atoms with Crippen LogP contribution in [0.25, 0.3) is 0 Å². The highest BCUT2D eigenvalue weighted by Gasteiger charge is 2.50. The highest BCUT2D eigenvalue weighted by molar-refractivity contribution is 6.30. The Morgan fingerprint density at radius 1 is 1.28 bits per heavy atom. The predicted octanol–water partition coefficient (Wildman–Crippen LogP) is 1.59. The number of rotatable bonds is 6. The van der Waals surface area contributed by atoms with E-state index in [4.69, 9.17) is 21.1 Å². The van der Waals surface area contributed by atoms with Crippen molar-refractivity contribution in [3.05, 3.63) is 29.0 Å². The molecule has 3 N–H and O–H groups in total. The summed E-state index contributed by atoms with van der Waals surface area (Å²) in [6.45, 7) is 2.10. The first-order chi connectivity index (χ1) is 13.9. The third-order valence-electron chi connectivity index (χ3n) is 6.24. The average molecular weight is 426 g/mol. The van der Waals surface area contributed by atoms with Crippen LogP contribution in [0.5, 0.6) is 5.75 Å². The summed E-state index contributed by atoms with van der Waals surface area (Å²) < 4.78 is 24.3. The molecule has 9 heteroatoms. The number of carbonyl (C=O) groups is 2. The maximum absolute atomic E-state index is 13.5. The molecule has 0 bridgehead atoms. The number of halogens is 2. The van der Waals surface area contributed by atoms with Crippen molar-refractivity contribution in [1.82, 2.24) is 16.0 Å². The fraction of sp³-hybridized carbons (Fsp3) is 0.600. The van der Waals surface area contributed by atoms with Crippen LogP contribution in [0.15, 0.2) is 18.2 Å². The van der Waals surface area contributed by atoms with Crippen molar-refractivity contribution in [3.8, 4) is 5.75 Å². The van der Waals surface area contributed by atoms with Crippen molar-refractivity contribution in [2.24, 2.45) is 11.8 Å². The maximum atomic E-state index is 13.5. The van der Waals surface area contributed by atoms with Crippen molar-refractivity contribution in [2.75, 3.05) is 13.3 Å². The Bertz CT molecular complexity index is 795. The SMILES string of the molecule is CC1NCOC1C(=O)NC1C[C@H](NC(=O)COc2ccc(Cl)c(F)c2)C2CCC12. The first-order valence-electron chi connectivity index (χ1n) is 9.95. The third kappa shape index (κ3) is 4.34. The number of benzene rings is 1. The number of fused-ring (bicyclic) bond motifs is 1. The molecule has 7 nitrogen and oxygen atoms in total. The summed E-state index contributed by atoms with van der Waals surface area (Å²) >= 11 is 5.64. The molecular weight excluding hydrogens is 401 g/mol. The highest BCUT2D eigenvalue weighted by Crippen LogP contribution is 2.47. The Labute approximate surface area is 173 Å². The van der Waals surface area contributed by atoms with E-state index in [1.54, 1.807) is 0 Å². The molecule has 0 radical (unpaired) electrons. The van der Waals surface area contributed by atoms with E-state index in [-0.39, 0.29) is 47.3 Å². The normalized spacial score (nSPS) is 32.9. The summed E-state index contributed by atoms with van der Waals surface area (Å²) in [6, 6.07) is 4.07. The Balaban J connectivity index is 1.27. The quantitative estimate of drug-likeness (QED) is 0.644. The van der Waals surface area contributed by atoms with Crippen molar-refractivity contribution in [2.45, 2.75) is 50.4 Å². The average Bonchev–Trinajstić information content (AvgIpc) is 3.16. The van der Waals surface area contributed by atoms with Gasteiger partial charge in [-0.25, -0.2) is 4.39 Å². The van der Waals surface area contributed by atoms with E-state index in [0.29, 0.717) is 25.0 Å². The molecule has 2 amide bonds. The van der Waals surface area contributed by atoms with Gasteiger partial charge in [-0.15, -0.1) is 0 Å². The molecule has 4 rings (SSSR count). The number of hydrogen-bond acceptors (Lipinski definition) is 5. The van der Waals surface area contributed by atoms with E-state index in [1.165, 1.54) is 12.1 Å². The molecular formula is C20H25ClFN3O4. The molecule has 2 aliphatic carbocycles. The Kier molecular flexibility index (Phi) is 5.94. The van der Waals surface area contributed by atoms with Gasteiger partial charge in [0.2, 0.25) is 0 Å². The molecule has 6 atom stereocenters. The van der Waals surface area contributed by atoms with Gasteiger partial charge >= 0.3 is 0 Å². The largest absolute Gasteiger partial charge is 0.484 e. The standard InChI is InChI=1S/C20H25ClFN3O4/c1-10-19(29-9-23-10)20(27)25-17-7-16(12-3-4-13(12)17)24-18(26)8-28-11-2-5-14(21)15(22)6-11/h2,5-6,10,12-13,16-17,19,23H,3-4,7-9H2,1H3,(H,24,26)(H,25,27)/t10?,12?,13?,16-,17?,19?/m0/s1. The van der Waals surface area contributed by atoms with E-state index in [0.717, 1.165) is 18.9 Å². The Morgan fingerprint density at radius 2 is 2.00 bits per heavy atom. The predicted molar refractivity (Wildman–Crippen MR) is 104 cm³/mol. The Morgan fingerprint density at radius 3 is 2.62 bits per heavy atom. The summed E-state index contributed by atoms with van der Waals surface area (Å²) in [4.78, 5) is 24.8. The van der Waals surface area contributed by atoms with Gasteiger partial charge in [0.05, 0.1) is 11.8 Å². The van der Waals surface area contributed by atoms with Gasteiger partial charge in [-0.05, 0) is 50.2 Å². The van der Waals surface area contributed by atoms with Crippen LogP contribution < -0.4 is 20.7 Å². The molecule has 1 heterocycles. The number of nitrogens with one attached hydrogen (secondary N) is 3. The van der Waals surface area contributed by atoms with Crippen LogP contribution in [0, 0.1) is 17.7 Å². The van der Waals surface area contributed by atoms with Gasteiger partial charge in [0.25, 0.3) is 11.8 Å². The molecule has 1 aliphatic heterocycles. The smallest absolute Gasteiger partial charge is 0.258 e. The van der Waals surface area contributed by atoms with Gasteiger partial charge in [-0.3, -0.25) is 14.9 Å². The zero-order chi connectivity index (χ0) is 20.5. The molecule has 1 aromatic rings. The van der Waals surface area contributed by atoms with E-state index >= 15 is 0 Å². The number of ether oxygens (including phenoxy) is 2. The second-order valence-corrected chi connectivity index (χ2v) is 8.43. The fourth-order valence-corrected chi connectivity index (χ4v) is 4.68. The second-order valence-electron chi connectivity index (χ2n) is 8.02. The van der Waals surface area contributed by atoms with Crippen molar-refractivity contribution < 1.29 is 23.5 Å². The van der Waals surface area contributed by atoms with Gasteiger partial charge in [0.1, 0.15) is 11.6 Å². The monoisotopic (exact) mass is 425 g/mol. The zero-order valence-corrected chi connectivity index (χ0v) is 16.9. The fourth-order valence-electron chi connectivity index (χ4n) is 4.56. The summed E-state index contributed by atoms with van der Waals surface area (Å²) in [6.07, 6.45) is 2.29. The lowest BCUT2D eigenvalue weighted by molar-refractivity contribution is -0.131. The van der Waals surface area contributed by atoms with Gasteiger partial charge in [0.15, 0.2) is 12.7 Å². The molecule has 1 aromatic carbocycles. The zero-order valence-electron chi connectivity index (χ0n) is 16.1. The van der Waals surface area contributed by atoms with Crippen LogP contribution >= 0.6 is 11.6 Å². The molecule has 5 unspecified atom stereocenters.